The third-order valence-corrected chi connectivity index (χ3v) is 1.81. The largest absolute Gasteiger partial charge is 0.382 e. The normalized spacial score (nSPS) is 16.0. The number of carbonyl (C=O) groups is 1. The molecular formula is C7H10N4O. The smallest absolute Gasteiger partial charge is 0.271 e. The van der Waals surface area contributed by atoms with Gasteiger partial charge in [-0.05, 0) is 12.8 Å². The van der Waals surface area contributed by atoms with Gasteiger partial charge in [0.15, 0.2) is 5.82 Å². The Balaban J connectivity index is 2.07. The Morgan fingerprint density at radius 2 is 2.50 bits per heavy atom. The van der Waals surface area contributed by atoms with Crippen LogP contribution in [0.15, 0.2) is 6.33 Å². The number of imidazole rings is 1. The lowest BCUT2D eigenvalue weighted by Gasteiger charge is -1.99. The van der Waals surface area contributed by atoms with E-state index in [1.165, 1.54) is 6.33 Å². The molecule has 2 rings (SSSR count). The molecule has 1 heterocycles. The van der Waals surface area contributed by atoms with Crippen LogP contribution in [0.3, 0.4) is 0 Å². The minimum Gasteiger partial charge on any atom is -0.382 e. The van der Waals surface area contributed by atoms with Crippen LogP contribution in [0.25, 0.3) is 0 Å². The van der Waals surface area contributed by atoms with Crippen molar-refractivity contribution in [2.75, 3.05) is 5.73 Å². The first-order chi connectivity index (χ1) is 5.77. The number of nitrogen functional groups attached to an aromatic ring is 1. The highest BCUT2D eigenvalue weighted by molar-refractivity contribution is 5.96. The van der Waals surface area contributed by atoms with Gasteiger partial charge in [0, 0.05) is 6.04 Å². The average Bonchev–Trinajstić information content (AvgIpc) is 2.72. The molecule has 0 unspecified atom stereocenters. The molecule has 0 aromatic carbocycles. The van der Waals surface area contributed by atoms with Gasteiger partial charge in [0.25, 0.3) is 5.91 Å². The molecular weight excluding hydrogens is 156 g/mol. The number of nitrogens with two attached hydrogens (primary N) is 1. The first-order valence-corrected chi connectivity index (χ1v) is 3.87. The van der Waals surface area contributed by atoms with Crippen LogP contribution in [0.1, 0.15) is 23.3 Å². The molecule has 1 aliphatic carbocycles. The van der Waals surface area contributed by atoms with Crippen molar-refractivity contribution in [3.05, 3.63) is 12.0 Å². The zero-order valence-corrected chi connectivity index (χ0v) is 6.50. The van der Waals surface area contributed by atoms with E-state index in [0.29, 0.717) is 11.7 Å². The van der Waals surface area contributed by atoms with Crippen molar-refractivity contribution in [1.29, 1.82) is 0 Å². The average molecular weight is 166 g/mol. The van der Waals surface area contributed by atoms with Gasteiger partial charge in [-0.25, -0.2) is 4.98 Å². The summed E-state index contributed by atoms with van der Waals surface area (Å²) in [6, 6.07) is 0.347. The van der Waals surface area contributed by atoms with Crippen LogP contribution in [-0.4, -0.2) is 21.9 Å². The summed E-state index contributed by atoms with van der Waals surface area (Å²) in [7, 11) is 0. The highest BCUT2D eigenvalue weighted by Crippen LogP contribution is 2.19. The van der Waals surface area contributed by atoms with Crippen LogP contribution in [0.4, 0.5) is 5.82 Å². The molecule has 1 aromatic heterocycles. The van der Waals surface area contributed by atoms with Gasteiger partial charge in [0.1, 0.15) is 5.69 Å². The molecule has 0 aliphatic heterocycles. The summed E-state index contributed by atoms with van der Waals surface area (Å²) >= 11 is 0. The monoisotopic (exact) mass is 166 g/mol. The summed E-state index contributed by atoms with van der Waals surface area (Å²) in [4.78, 5) is 17.7. The Kier molecular flexibility index (Phi) is 1.49. The Labute approximate surface area is 69.4 Å². The summed E-state index contributed by atoms with van der Waals surface area (Å²) in [5, 5.41) is 2.81. The molecule has 0 atom stereocenters. The van der Waals surface area contributed by atoms with Crippen molar-refractivity contribution in [3.8, 4) is 0 Å². The second-order valence-corrected chi connectivity index (χ2v) is 2.91. The number of aromatic nitrogens is 2. The van der Waals surface area contributed by atoms with Crippen LogP contribution in [0, 0.1) is 0 Å². The van der Waals surface area contributed by atoms with Crippen molar-refractivity contribution < 1.29 is 4.79 Å². The van der Waals surface area contributed by atoms with Crippen molar-refractivity contribution in [3.63, 3.8) is 0 Å². The summed E-state index contributed by atoms with van der Waals surface area (Å²) < 4.78 is 0. The fourth-order valence-corrected chi connectivity index (χ4v) is 0.972. The molecule has 0 saturated heterocycles. The van der Waals surface area contributed by atoms with Gasteiger partial charge in [-0.3, -0.25) is 4.79 Å². The third kappa shape index (κ3) is 1.25. The van der Waals surface area contributed by atoms with Crippen molar-refractivity contribution in [2.24, 2.45) is 0 Å². The molecule has 1 aromatic rings. The highest BCUT2D eigenvalue weighted by atomic mass is 16.2. The summed E-state index contributed by atoms with van der Waals surface area (Å²) in [5.41, 5.74) is 5.80. The second-order valence-electron chi connectivity index (χ2n) is 2.91. The molecule has 1 aliphatic rings. The van der Waals surface area contributed by atoms with E-state index in [9.17, 15) is 4.79 Å². The maximum absolute atomic E-state index is 11.3. The van der Waals surface area contributed by atoms with Crippen LogP contribution in [0.2, 0.25) is 0 Å². The lowest BCUT2D eigenvalue weighted by Crippen LogP contribution is -2.26. The molecule has 5 heteroatoms. The van der Waals surface area contributed by atoms with Gasteiger partial charge in [0.2, 0.25) is 0 Å². The molecule has 0 bridgehead atoms. The van der Waals surface area contributed by atoms with E-state index >= 15 is 0 Å². The molecule has 0 spiro atoms. The molecule has 12 heavy (non-hydrogen) atoms. The number of anilines is 1. The number of nitrogens with zero attached hydrogens (tertiary/aromatic N) is 1. The van der Waals surface area contributed by atoms with E-state index in [2.05, 4.69) is 15.3 Å². The zero-order valence-electron chi connectivity index (χ0n) is 6.50. The van der Waals surface area contributed by atoms with E-state index < -0.39 is 0 Å². The topological polar surface area (TPSA) is 83.8 Å². The van der Waals surface area contributed by atoms with E-state index in [-0.39, 0.29) is 11.7 Å². The van der Waals surface area contributed by atoms with Crippen LogP contribution in [0.5, 0.6) is 0 Å². The quantitative estimate of drug-likeness (QED) is 0.573. The van der Waals surface area contributed by atoms with Crippen molar-refractivity contribution in [1.82, 2.24) is 15.3 Å². The van der Waals surface area contributed by atoms with E-state index in [0.717, 1.165) is 12.8 Å². The Morgan fingerprint density at radius 3 is 3.00 bits per heavy atom. The molecule has 1 fully saturated rings. The lowest BCUT2D eigenvalue weighted by atomic mass is 10.4. The number of carbonyl (C=O) groups excluding carboxylic acids is 1. The summed E-state index contributed by atoms with van der Waals surface area (Å²) in [6.07, 6.45) is 3.55. The second kappa shape index (κ2) is 2.51. The van der Waals surface area contributed by atoms with Crippen molar-refractivity contribution in [2.45, 2.75) is 18.9 Å². The number of H-pyrrole nitrogens is 1. The van der Waals surface area contributed by atoms with E-state index in [4.69, 9.17) is 5.73 Å². The molecule has 0 radical (unpaired) electrons. The number of hydrogen-bond acceptors (Lipinski definition) is 3. The molecule has 5 nitrogen and oxygen atoms in total. The van der Waals surface area contributed by atoms with Gasteiger partial charge >= 0.3 is 0 Å². The van der Waals surface area contributed by atoms with Gasteiger partial charge in [-0.2, -0.15) is 0 Å². The van der Waals surface area contributed by atoms with Crippen LogP contribution >= 0.6 is 0 Å². The highest BCUT2D eigenvalue weighted by Gasteiger charge is 2.25. The fourth-order valence-electron chi connectivity index (χ4n) is 0.972. The van der Waals surface area contributed by atoms with Gasteiger partial charge < -0.3 is 16.0 Å². The maximum atomic E-state index is 11.3. The minimum atomic E-state index is -0.160. The fraction of sp³-hybridized carbons (Fsp3) is 0.429. The minimum absolute atomic E-state index is 0.160. The number of nitrogens with one attached hydrogen (secondary N) is 2. The zero-order chi connectivity index (χ0) is 8.55. The van der Waals surface area contributed by atoms with Gasteiger partial charge in [-0.15, -0.1) is 0 Å². The van der Waals surface area contributed by atoms with Crippen LogP contribution in [-0.2, 0) is 0 Å². The third-order valence-electron chi connectivity index (χ3n) is 1.81. The Bertz CT molecular complexity index is 302. The van der Waals surface area contributed by atoms with E-state index in [1.54, 1.807) is 0 Å². The first-order valence-electron chi connectivity index (χ1n) is 3.87. The number of hydrogen-bond donors (Lipinski definition) is 3. The number of aromatic amines is 1. The molecule has 64 valence electrons. The Morgan fingerprint density at radius 1 is 1.75 bits per heavy atom. The van der Waals surface area contributed by atoms with Gasteiger partial charge in [-0.1, -0.05) is 0 Å². The van der Waals surface area contributed by atoms with Gasteiger partial charge in [0.05, 0.1) is 6.33 Å². The summed E-state index contributed by atoms with van der Waals surface area (Å²) in [6.45, 7) is 0. The SMILES string of the molecule is Nc1nc[nH]c1C(=O)NC1CC1. The predicted octanol–water partition coefficient (Wildman–Crippen LogP) is -0.116. The maximum Gasteiger partial charge on any atom is 0.271 e. The predicted molar refractivity (Wildman–Crippen MR) is 43.5 cm³/mol. The Hall–Kier alpha value is -1.52. The standard InChI is InChI=1S/C7H10N4O/c8-6-5(9-3-10-6)7(12)11-4-1-2-4/h3-4H,1-2,8H2,(H,9,10)(H,11,12). The first kappa shape index (κ1) is 7.15. The molecule has 1 amide bonds. The lowest BCUT2D eigenvalue weighted by molar-refractivity contribution is 0.0947. The van der Waals surface area contributed by atoms with E-state index in [1.807, 2.05) is 0 Å². The van der Waals surface area contributed by atoms with Crippen LogP contribution < -0.4 is 11.1 Å². The number of amides is 1. The molecule has 1 saturated carbocycles. The number of rotatable bonds is 2. The van der Waals surface area contributed by atoms with Crippen molar-refractivity contribution >= 4 is 11.7 Å². The molecule has 4 N–H and O–H groups in total. The summed E-state index contributed by atoms with van der Waals surface area (Å²) in [5.74, 6) is 0.0978.